The first-order valence-corrected chi connectivity index (χ1v) is 8.49. The number of sulfonamides is 1. The molecule has 0 fully saturated rings. The molecule has 10 heteroatoms. The molecular weight excluding hydrogens is 349 g/mol. The van der Waals surface area contributed by atoms with Crippen LogP contribution < -0.4 is 4.72 Å². The molecule has 2 aromatic rings. The standard InChI is InChI=1S/C12H15Cl2N5O2S/c1-12(2,3)8-9(13)16-11(17-10(8)14)18-22(20,21)7-5-15-19(4)6-7/h5-6H,1-4H3,(H,16,17,18). The van der Waals surface area contributed by atoms with Crippen LogP contribution in [0.4, 0.5) is 5.95 Å². The van der Waals surface area contributed by atoms with Gasteiger partial charge in [-0.25, -0.2) is 13.1 Å². The van der Waals surface area contributed by atoms with Crippen LogP contribution in [0.2, 0.25) is 10.3 Å². The third kappa shape index (κ3) is 3.50. The van der Waals surface area contributed by atoms with Crippen LogP contribution in [0, 0.1) is 0 Å². The minimum absolute atomic E-state index is 0.00857. The van der Waals surface area contributed by atoms with Crippen molar-refractivity contribution in [3.63, 3.8) is 0 Å². The summed E-state index contributed by atoms with van der Waals surface area (Å²) in [5.74, 6) is -0.188. The highest BCUT2D eigenvalue weighted by atomic mass is 35.5. The lowest BCUT2D eigenvalue weighted by atomic mass is 9.89. The van der Waals surface area contributed by atoms with Crippen molar-refractivity contribution in [2.75, 3.05) is 4.72 Å². The van der Waals surface area contributed by atoms with E-state index in [9.17, 15) is 8.42 Å². The first kappa shape index (κ1) is 17.0. The lowest BCUT2D eigenvalue weighted by Gasteiger charge is -2.21. The number of anilines is 1. The summed E-state index contributed by atoms with van der Waals surface area (Å²) in [6, 6.07) is 0. The first-order valence-electron chi connectivity index (χ1n) is 6.25. The van der Waals surface area contributed by atoms with Crippen LogP contribution in [-0.2, 0) is 22.5 Å². The fraction of sp³-hybridized carbons (Fsp3) is 0.417. The highest BCUT2D eigenvalue weighted by Crippen LogP contribution is 2.34. The van der Waals surface area contributed by atoms with Gasteiger partial charge in [-0.3, -0.25) is 4.68 Å². The van der Waals surface area contributed by atoms with E-state index in [0.717, 1.165) is 0 Å². The Labute approximate surface area is 138 Å². The molecule has 0 aliphatic heterocycles. The molecule has 0 radical (unpaired) electrons. The van der Waals surface area contributed by atoms with Crippen LogP contribution in [0.5, 0.6) is 0 Å². The summed E-state index contributed by atoms with van der Waals surface area (Å²) in [7, 11) is -2.24. The van der Waals surface area contributed by atoms with E-state index in [4.69, 9.17) is 23.2 Å². The van der Waals surface area contributed by atoms with Crippen molar-refractivity contribution in [2.45, 2.75) is 31.1 Å². The largest absolute Gasteiger partial charge is 0.274 e. The maximum absolute atomic E-state index is 12.2. The molecule has 0 saturated carbocycles. The Morgan fingerprint density at radius 2 is 1.73 bits per heavy atom. The van der Waals surface area contributed by atoms with E-state index < -0.39 is 10.0 Å². The van der Waals surface area contributed by atoms with Crippen LogP contribution in [0.15, 0.2) is 17.3 Å². The van der Waals surface area contributed by atoms with Crippen molar-refractivity contribution in [3.05, 3.63) is 28.3 Å². The van der Waals surface area contributed by atoms with E-state index in [1.165, 1.54) is 17.1 Å². The summed E-state index contributed by atoms with van der Waals surface area (Å²) >= 11 is 12.2. The van der Waals surface area contributed by atoms with Gasteiger partial charge in [0.25, 0.3) is 10.0 Å². The number of nitrogens with zero attached hydrogens (tertiary/aromatic N) is 4. The van der Waals surface area contributed by atoms with Gasteiger partial charge in [0.2, 0.25) is 5.95 Å². The Morgan fingerprint density at radius 1 is 1.18 bits per heavy atom. The predicted octanol–water partition coefficient (Wildman–Crippen LogP) is 2.62. The second-order valence-electron chi connectivity index (χ2n) is 5.71. The molecular formula is C12H15Cl2N5O2S. The molecule has 120 valence electrons. The summed E-state index contributed by atoms with van der Waals surface area (Å²) < 4.78 is 28.0. The monoisotopic (exact) mass is 363 g/mol. The smallest absolute Gasteiger partial charge is 0.267 e. The summed E-state index contributed by atoms with van der Waals surface area (Å²) in [5, 5.41) is 4.03. The zero-order valence-electron chi connectivity index (χ0n) is 12.4. The number of hydrogen-bond donors (Lipinski definition) is 1. The Morgan fingerprint density at radius 3 is 2.14 bits per heavy atom. The van der Waals surface area contributed by atoms with Gasteiger partial charge in [-0.05, 0) is 5.41 Å². The van der Waals surface area contributed by atoms with Crippen LogP contribution >= 0.6 is 23.2 Å². The SMILES string of the molecule is Cn1cc(S(=O)(=O)Nc2nc(Cl)c(C(C)(C)C)c(Cl)n2)cn1. The van der Waals surface area contributed by atoms with E-state index >= 15 is 0 Å². The summed E-state index contributed by atoms with van der Waals surface area (Å²) in [6.45, 7) is 5.72. The van der Waals surface area contributed by atoms with Crippen molar-refractivity contribution >= 4 is 39.2 Å². The van der Waals surface area contributed by atoms with Gasteiger partial charge in [-0.2, -0.15) is 15.1 Å². The van der Waals surface area contributed by atoms with Gasteiger partial charge in [0, 0.05) is 18.8 Å². The maximum Gasteiger partial charge on any atom is 0.267 e. The van der Waals surface area contributed by atoms with Crippen LogP contribution in [0.25, 0.3) is 0 Å². The van der Waals surface area contributed by atoms with E-state index in [1.54, 1.807) is 7.05 Å². The summed E-state index contributed by atoms with van der Waals surface area (Å²) in [5.41, 5.74) is 0.190. The third-order valence-electron chi connectivity index (χ3n) is 2.79. The fourth-order valence-electron chi connectivity index (χ4n) is 1.79. The minimum Gasteiger partial charge on any atom is -0.274 e. The highest BCUT2D eigenvalue weighted by molar-refractivity contribution is 7.92. The third-order valence-corrected chi connectivity index (χ3v) is 4.62. The second-order valence-corrected chi connectivity index (χ2v) is 8.11. The first-order chi connectivity index (χ1) is 10.0. The zero-order valence-corrected chi connectivity index (χ0v) is 14.8. The summed E-state index contributed by atoms with van der Waals surface area (Å²) in [6.07, 6.45) is 2.57. The van der Waals surface area contributed by atoms with Crippen LogP contribution in [0.3, 0.4) is 0 Å². The molecule has 0 saturated heterocycles. The molecule has 7 nitrogen and oxygen atoms in total. The molecule has 0 amide bonds. The summed E-state index contributed by atoms with van der Waals surface area (Å²) in [4.78, 5) is 7.93. The lowest BCUT2D eigenvalue weighted by molar-refractivity contribution is 0.585. The number of aromatic nitrogens is 4. The molecule has 2 rings (SSSR count). The normalized spacial score (nSPS) is 12.5. The molecule has 22 heavy (non-hydrogen) atoms. The van der Waals surface area contributed by atoms with Gasteiger partial charge < -0.3 is 0 Å². The number of aryl methyl sites for hydroxylation is 1. The number of hydrogen-bond acceptors (Lipinski definition) is 5. The Hall–Kier alpha value is -1.38. The van der Waals surface area contributed by atoms with Crippen molar-refractivity contribution < 1.29 is 8.42 Å². The van der Waals surface area contributed by atoms with Crippen LogP contribution in [0.1, 0.15) is 26.3 Å². The topological polar surface area (TPSA) is 89.8 Å². The van der Waals surface area contributed by atoms with E-state index in [-0.39, 0.29) is 26.6 Å². The van der Waals surface area contributed by atoms with Crippen molar-refractivity contribution in [1.29, 1.82) is 0 Å². The fourth-order valence-corrected chi connectivity index (χ4v) is 3.67. The zero-order chi connectivity index (χ0) is 16.7. The molecule has 2 aromatic heterocycles. The quantitative estimate of drug-likeness (QED) is 0.846. The molecule has 0 aliphatic rings. The Balaban J connectivity index is 2.40. The van der Waals surface area contributed by atoms with Gasteiger partial charge in [0.05, 0.1) is 6.20 Å². The molecule has 0 aliphatic carbocycles. The highest BCUT2D eigenvalue weighted by Gasteiger charge is 2.25. The maximum atomic E-state index is 12.2. The second kappa shape index (κ2) is 5.68. The van der Waals surface area contributed by atoms with E-state index in [1.807, 2.05) is 20.8 Å². The lowest BCUT2D eigenvalue weighted by Crippen LogP contribution is -2.18. The van der Waals surface area contributed by atoms with Gasteiger partial charge >= 0.3 is 0 Å². The minimum atomic E-state index is -3.85. The molecule has 1 N–H and O–H groups in total. The average Bonchev–Trinajstić information content (AvgIpc) is 2.72. The molecule has 0 spiro atoms. The van der Waals surface area contributed by atoms with E-state index in [2.05, 4.69) is 19.8 Å². The predicted molar refractivity (Wildman–Crippen MR) is 84.8 cm³/mol. The van der Waals surface area contributed by atoms with Gasteiger partial charge in [0.1, 0.15) is 15.2 Å². The number of nitrogens with one attached hydrogen (secondary N) is 1. The number of halogens is 2. The van der Waals surface area contributed by atoms with E-state index in [0.29, 0.717) is 5.56 Å². The van der Waals surface area contributed by atoms with Gasteiger partial charge in [-0.15, -0.1) is 0 Å². The molecule has 0 atom stereocenters. The van der Waals surface area contributed by atoms with Crippen molar-refractivity contribution in [1.82, 2.24) is 19.7 Å². The Bertz CT molecular complexity index is 788. The van der Waals surface area contributed by atoms with Crippen molar-refractivity contribution in [3.8, 4) is 0 Å². The molecule has 0 aromatic carbocycles. The van der Waals surface area contributed by atoms with Gasteiger partial charge in [-0.1, -0.05) is 44.0 Å². The average molecular weight is 364 g/mol. The van der Waals surface area contributed by atoms with Crippen LogP contribution in [-0.4, -0.2) is 28.2 Å². The molecule has 2 heterocycles. The molecule has 0 unspecified atom stereocenters. The molecule has 0 bridgehead atoms. The number of rotatable bonds is 3. The van der Waals surface area contributed by atoms with Crippen molar-refractivity contribution in [2.24, 2.45) is 7.05 Å². The van der Waals surface area contributed by atoms with Gasteiger partial charge in [0.15, 0.2) is 0 Å². The Kier molecular flexibility index (Phi) is 4.38.